The predicted molar refractivity (Wildman–Crippen MR) is 93.3 cm³/mol. The third kappa shape index (κ3) is 4.57. The van der Waals surface area contributed by atoms with Crippen molar-refractivity contribution in [3.05, 3.63) is 23.8 Å². The van der Waals surface area contributed by atoms with Crippen molar-refractivity contribution in [2.45, 2.75) is 32.3 Å². The van der Waals surface area contributed by atoms with Crippen LogP contribution in [0.2, 0.25) is 0 Å². The van der Waals surface area contributed by atoms with E-state index >= 15 is 0 Å². The van der Waals surface area contributed by atoms with E-state index in [4.69, 9.17) is 9.84 Å². The SMILES string of the molecule is CCC1Oc2ccc(C(=O)CCC(=O)O)cc2N(CCN(C)C)C1=O. The van der Waals surface area contributed by atoms with E-state index in [1.165, 1.54) is 0 Å². The largest absolute Gasteiger partial charge is 0.481 e. The number of anilines is 1. The van der Waals surface area contributed by atoms with Crippen molar-refractivity contribution in [3.63, 3.8) is 0 Å². The van der Waals surface area contributed by atoms with Crippen LogP contribution in [0.3, 0.4) is 0 Å². The third-order valence-corrected chi connectivity index (χ3v) is 4.09. The van der Waals surface area contributed by atoms with Gasteiger partial charge in [0.05, 0.1) is 12.1 Å². The van der Waals surface area contributed by atoms with Crippen LogP contribution in [0.15, 0.2) is 18.2 Å². The van der Waals surface area contributed by atoms with Crippen LogP contribution in [0.25, 0.3) is 0 Å². The number of nitrogens with zero attached hydrogens (tertiary/aromatic N) is 2. The Morgan fingerprint density at radius 1 is 1.28 bits per heavy atom. The van der Waals surface area contributed by atoms with Gasteiger partial charge in [-0.15, -0.1) is 0 Å². The highest BCUT2D eigenvalue weighted by molar-refractivity contribution is 6.03. The maximum atomic E-state index is 12.6. The molecule has 0 aromatic heterocycles. The Bertz CT molecular complexity index is 671. The van der Waals surface area contributed by atoms with Crippen molar-refractivity contribution < 1.29 is 24.2 Å². The summed E-state index contributed by atoms with van der Waals surface area (Å²) >= 11 is 0. The Kier molecular flexibility index (Phi) is 6.14. The van der Waals surface area contributed by atoms with E-state index in [1.807, 2.05) is 25.9 Å². The highest BCUT2D eigenvalue weighted by Crippen LogP contribution is 2.35. The number of carbonyl (C=O) groups excluding carboxylic acids is 2. The number of aliphatic carboxylic acids is 1. The van der Waals surface area contributed by atoms with Crippen LogP contribution in [0, 0.1) is 0 Å². The lowest BCUT2D eigenvalue weighted by Gasteiger charge is -2.35. The molecule has 1 aliphatic heterocycles. The van der Waals surface area contributed by atoms with Crippen molar-refractivity contribution in [2.75, 3.05) is 32.1 Å². The van der Waals surface area contributed by atoms with Crippen molar-refractivity contribution in [2.24, 2.45) is 0 Å². The normalized spacial score (nSPS) is 16.6. The van der Waals surface area contributed by atoms with Gasteiger partial charge in [-0.2, -0.15) is 0 Å². The van der Waals surface area contributed by atoms with Gasteiger partial charge in [0.15, 0.2) is 11.9 Å². The lowest BCUT2D eigenvalue weighted by molar-refractivity contribution is -0.137. The van der Waals surface area contributed by atoms with E-state index in [-0.39, 0.29) is 24.5 Å². The molecule has 1 heterocycles. The molecule has 1 unspecified atom stereocenters. The number of carbonyl (C=O) groups is 3. The van der Waals surface area contributed by atoms with Gasteiger partial charge in [0.2, 0.25) is 0 Å². The Balaban J connectivity index is 2.30. The Labute approximate surface area is 147 Å². The molecule has 0 radical (unpaired) electrons. The summed E-state index contributed by atoms with van der Waals surface area (Å²) in [4.78, 5) is 39.1. The average Bonchev–Trinajstić information content (AvgIpc) is 2.57. The molecule has 1 aromatic rings. The molecule has 1 aliphatic rings. The lowest BCUT2D eigenvalue weighted by atomic mass is 10.0. The molecular formula is C18H24N2O5. The number of ether oxygens (including phenoxy) is 1. The monoisotopic (exact) mass is 348 g/mol. The molecule has 1 atom stereocenters. The summed E-state index contributed by atoms with van der Waals surface area (Å²) in [5.74, 6) is -0.821. The van der Waals surface area contributed by atoms with Crippen LogP contribution >= 0.6 is 0 Å². The first-order chi connectivity index (χ1) is 11.8. The number of ketones is 1. The lowest BCUT2D eigenvalue weighted by Crippen LogP contribution is -2.47. The zero-order valence-corrected chi connectivity index (χ0v) is 14.8. The molecule has 0 fully saturated rings. The van der Waals surface area contributed by atoms with Crippen LogP contribution in [0.4, 0.5) is 5.69 Å². The first-order valence-corrected chi connectivity index (χ1v) is 8.35. The molecule has 7 nitrogen and oxygen atoms in total. The van der Waals surface area contributed by atoms with Gasteiger partial charge in [0.25, 0.3) is 5.91 Å². The summed E-state index contributed by atoms with van der Waals surface area (Å²) in [6, 6.07) is 4.93. The molecule has 25 heavy (non-hydrogen) atoms. The van der Waals surface area contributed by atoms with Crippen LogP contribution in [0.1, 0.15) is 36.5 Å². The summed E-state index contributed by atoms with van der Waals surface area (Å²) in [6.07, 6.45) is -0.245. The second-order valence-corrected chi connectivity index (χ2v) is 6.31. The minimum atomic E-state index is -1.01. The number of benzene rings is 1. The maximum Gasteiger partial charge on any atom is 0.303 e. The molecule has 1 aromatic carbocycles. The zero-order valence-electron chi connectivity index (χ0n) is 14.8. The molecule has 0 saturated carbocycles. The Morgan fingerprint density at radius 2 is 2.00 bits per heavy atom. The first kappa shape index (κ1) is 18.9. The van der Waals surface area contributed by atoms with Gasteiger partial charge in [-0.1, -0.05) is 6.92 Å². The van der Waals surface area contributed by atoms with Crippen molar-refractivity contribution in [1.82, 2.24) is 4.90 Å². The predicted octanol–water partition coefficient (Wildman–Crippen LogP) is 1.80. The van der Waals surface area contributed by atoms with Gasteiger partial charge in [-0.3, -0.25) is 14.4 Å². The summed E-state index contributed by atoms with van der Waals surface area (Å²) in [6.45, 7) is 3.06. The van der Waals surface area contributed by atoms with Gasteiger partial charge in [0.1, 0.15) is 5.75 Å². The van der Waals surface area contributed by atoms with Gasteiger partial charge < -0.3 is 19.6 Å². The van der Waals surface area contributed by atoms with E-state index in [1.54, 1.807) is 23.1 Å². The number of Topliss-reactive ketones (excluding diaryl/α,β-unsaturated/α-hetero) is 1. The van der Waals surface area contributed by atoms with Gasteiger partial charge in [-0.05, 0) is 38.7 Å². The Morgan fingerprint density at radius 3 is 2.60 bits per heavy atom. The molecule has 7 heteroatoms. The number of amides is 1. The molecule has 0 saturated heterocycles. The fourth-order valence-electron chi connectivity index (χ4n) is 2.65. The molecule has 0 bridgehead atoms. The number of rotatable bonds is 8. The quantitative estimate of drug-likeness (QED) is 0.721. The molecule has 2 rings (SSSR count). The van der Waals surface area contributed by atoms with Crippen LogP contribution < -0.4 is 9.64 Å². The molecule has 1 N–H and O–H groups in total. The van der Waals surface area contributed by atoms with Crippen LogP contribution in [-0.2, 0) is 9.59 Å². The number of likely N-dealkylation sites (N-methyl/N-ethyl adjacent to an activating group) is 1. The fourth-order valence-corrected chi connectivity index (χ4v) is 2.65. The molecule has 1 amide bonds. The Hall–Kier alpha value is -2.41. The fraction of sp³-hybridized carbons (Fsp3) is 0.500. The summed E-state index contributed by atoms with van der Waals surface area (Å²) in [5, 5.41) is 8.73. The topological polar surface area (TPSA) is 87.2 Å². The molecular weight excluding hydrogens is 324 g/mol. The van der Waals surface area contributed by atoms with E-state index in [2.05, 4.69) is 0 Å². The maximum absolute atomic E-state index is 12.6. The van der Waals surface area contributed by atoms with Crippen LogP contribution in [-0.4, -0.2) is 61.0 Å². The van der Waals surface area contributed by atoms with Crippen LogP contribution in [0.5, 0.6) is 5.75 Å². The average molecular weight is 348 g/mol. The van der Waals surface area contributed by atoms with Gasteiger partial charge in [0, 0.05) is 25.1 Å². The van der Waals surface area contributed by atoms with Crippen molar-refractivity contribution >= 4 is 23.3 Å². The minimum Gasteiger partial charge on any atom is -0.481 e. The summed E-state index contributed by atoms with van der Waals surface area (Å²) in [5.41, 5.74) is 0.957. The number of hydrogen-bond donors (Lipinski definition) is 1. The number of fused-ring (bicyclic) bond motifs is 1. The van der Waals surface area contributed by atoms with Crippen molar-refractivity contribution in [3.8, 4) is 5.75 Å². The number of hydrogen-bond acceptors (Lipinski definition) is 5. The van der Waals surface area contributed by atoms with Gasteiger partial charge >= 0.3 is 5.97 Å². The summed E-state index contributed by atoms with van der Waals surface area (Å²) in [7, 11) is 3.85. The van der Waals surface area contributed by atoms with Crippen molar-refractivity contribution in [1.29, 1.82) is 0 Å². The van der Waals surface area contributed by atoms with E-state index in [9.17, 15) is 14.4 Å². The second kappa shape index (κ2) is 8.11. The minimum absolute atomic E-state index is 0.0712. The highest BCUT2D eigenvalue weighted by atomic mass is 16.5. The van der Waals surface area contributed by atoms with Gasteiger partial charge in [-0.25, -0.2) is 0 Å². The number of carboxylic acids is 1. The first-order valence-electron chi connectivity index (χ1n) is 8.35. The highest BCUT2D eigenvalue weighted by Gasteiger charge is 2.33. The smallest absolute Gasteiger partial charge is 0.303 e. The zero-order chi connectivity index (χ0) is 18.6. The molecule has 136 valence electrons. The van der Waals surface area contributed by atoms with E-state index < -0.39 is 12.1 Å². The second-order valence-electron chi connectivity index (χ2n) is 6.31. The van der Waals surface area contributed by atoms with E-state index in [0.717, 1.165) is 0 Å². The standard InChI is InChI=1S/C18H24N2O5/c1-4-15-18(24)20(10-9-19(2)3)13-11-12(5-7-16(13)25-15)14(21)6-8-17(22)23/h5,7,11,15H,4,6,8-10H2,1-3H3,(H,22,23). The van der Waals surface area contributed by atoms with E-state index in [0.29, 0.717) is 36.5 Å². The molecule has 0 spiro atoms. The number of carboxylic acid groups (broad SMARTS) is 1. The molecule has 0 aliphatic carbocycles. The summed E-state index contributed by atoms with van der Waals surface area (Å²) < 4.78 is 5.75. The third-order valence-electron chi connectivity index (χ3n) is 4.09.